The van der Waals surface area contributed by atoms with E-state index in [2.05, 4.69) is 27.6 Å². The summed E-state index contributed by atoms with van der Waals surface area (Å²) in [5, 5.41) is 5.29. The van der Waals surface area contributed by atoms with Crippen LogP contribution >= 0.6 is 0 Å². The van der Waals surface area contributed by atoms with Gasteiger partial charge in [-0.05, 0) is 30.8 Å². The third kappa shape index (κ3) is 2.01. The van der Waals surface area contributed by atoms with E-state index in [0.717, 1.165) is 49.2 Å². The normalized spacial score (nSPS) is 19.1. The molecule has 2 heterocycles. The van der Waals surface area contributed by atoms with Gasteiger partial charge in [-0.3, -0.25) is 0 Å². The minimum absolute atomic E-state index is 0.823. The molecule has 0 atom stereocenters. The fourth-order valence-corrected chi connectivity index (χ4v) is 2.39. The number of fused-ring (bicyclic) bond motifs is 1. The van der Waals surface area contributed by atoms with Gasteiger partial charge in [-0.2, -0.15) is 0 Å². The second kappa shape index (κ2) is 4.84. The zero-order chi connectivity index (χ0) is 12.4. The van der Waals surface area contributed by atoms with E-state index in [1.165, 1.54) is 0 Å². The first kappa shape index (κ1) is 11.3. The SMILES string of the molecule is CCN1CCN(c2noc3c2=CC=C=CC=3)CC1. The molecule has 1 aliphatic heterocycles. The van der Waals surface area contributed by atoms with Crippen LogP contribution in [0.4, 0.5) is 5.82 Å². The van der Waals surface area contributed by atoms with Crippen molar-refractivity contribution in [1.29, 1.82) is 0 Å². The molecule has 1 aliphatic carbocycles. The Morgan fingerprint density at radius 3 is 2.78 bits per heavy atom. The average molecular weight is 243 g/mol. The summed E-state index contributed by atoms with van der Waals surface area (Å²) in [6.45, 7) is 7.54. The van der Waals surface area contributed by atoms with Crippen LogP contribution < -0.4 is 15.5 Å². The van der Waals surface area contributed by atoms with E-state index in [1.807, 2.05) is 24.3 Å². The maximum absolute atomic E-state index is 5.39. The lowest BCUT2D eigenvalue weighted by molar-refractivity contribution is 0.269. The fraction of sp³-hybridized carbons (Fsp3) is 0.429. The van der Waals surface area contributed by atoms with Crippen LogP contribution in [-0.2, 0) is 0 Å². The Morgan fingerprint density at radius 1 is 1.22 bits per heavy atom. The summed E-state index contributed by atoms with van der Waals surface area (Å²) < 4.78 is 5.39. The molecule has 4 heteroatoms. The summed E-state index contributed by atoms with van der Waals surface area (Å²) in [6.07, 6.45) is 7.69. The molecule has 3 rings (SSSR count). The predicted molar refractivity (Wildman–Crippen MR) is 71.7 cm³/mol. The summed E-state index contributed by atoms with van der Waals surface area (Å²) >= 11 is 0. The van der Waals surface area contributed by atoms with Crippen LogP contribution in [0.1, 0.15) is 6.92 Å². The first-order chi connectivity index (χ1) is 8.88. The third-order valence-corrected chi connectivity index (χ3v) is 3.53. The van der Waals surface area contributed by atoms with E-state index in [1.54, 1.807) is 0 Å². The highest BCUT2D eigenvalue weighted by Gasteiger charge is 2.19. The summed E-state index contributed by atoms with van der Waals surface area (Å²) in [4.78, 5) is 4.75. The molecule has 0 radical (unpaired) electrons. The number of hydrogen-bond acceptors (Lipinski definition) is 4. The molecular formula is C14H17N3O. The van der Waals surface area contributed by atoms with Gasteiger partial charge in [-0.25, -0.2) is 0 Å². The molecule has 0 unspecified atom stereocenters. The summed E-state index contributed by atoms with van der Waals surface area (Å²) in [5.41, 5.74) is 3.87. The lowest BCUT2D eigenvalue weighted by Gasteiger charge is -2.33. The quantitative estimate of drug-likeness (QED) is 0.690. The number of likely N-dealkylation sites (N-methyl/N-ethyl adjacent to an activating group) is 1. The fourth-order valence-electron chi connectivity index (χ4n) is 2.39. The predicted octanol–water partition coefficient (Wildman–Crippen LogP) is 0.102. The molecule has 1 aromatic heterocycles. The number of hydrogen-bond donors (Lipinski definition) is 0. The lowest BCUT2D eigenvalue weighted by atomic mass is 10.3. The van der Waals surface area contributed by atoms with Crippen molar-refractivity contribution >= 4 is 18.0 Å². The average Bonchev–Trinajstić information content (AvgIpc) is 2.68. The van der Waals surface area contributed by atoms with Crippen LogP contribution in [0.2, 0.25) is 0 Å². The Labute approximate surface area is 106 Å². The molecule has 18 heavy (non-hydrogen) atoms. The summed E-state index contributed by atoms with van der Waals surface area (Å²) in [5.74, 6) is 0.963. The van der Waals surface area contributed by atoms with E-state index in [9.17, 15) is 0 Å². The van der Waals surface area contributed by atoms with E-state index in [-0.39, 0.29) is 0 Å². The Balaban J connectivity index is 1.90. The Bertz CT molecular complexity index is 599. The van der Waals surface area contributed by atoms with Crippen molar-refractivity contribution in [3.05, 3.63) is 28.5 Å². The van der Waals surface area contributed by atoms with Crippen molar-refractivity contribution < 1.29 is 4.52 Å². The van der Waals surface area contributed by atoms with Crippen molar-refractivity contribution in [2.24, 2.45) is 0 Å². The second-order valence-electron chi connectivity index (χ2n) is 4.54. The van der Waals surface area contributed by atoms with Crippen molar-refractivity contribution in [3.63, 3.8) is 0 Å². The zero-order valence-electron chi connectivity index (χ0n) is 10.6. The molecule has 1 fully saturated rings. The van der Waals surface area contributed by atoms with Crippen LogP contribution in [-0.4, -0.2) is 42.8 Å². The maximum atomic E-state index is 5.39. The van der Waals surface area contributed by atoms with Crippen LogP contribution in [0.15, 0.2) is 22.4 Å². The molecule has 94 valence electrons. The van der Waals surface area contributed by atoms with Gasteiger partial charge >= 0.3 is 0 Å². The van der Waals surface area contributed by atoms with Crippen molar-refractivity contribution in [2.45, 2.75) is 6.92 Å². The standard InChI is InChI=1S/C14H17N3O/c1-2-16-8-10-17(11-9-16)14-12-6-4-3-5-7-13(12)18-15-14/h4-7H,2,8-11H2,1H3. The number of anilines is 1. The number of piperazine rings is 1. The van der Waals surface area contributed by atoms with Gasteiger partial charge in [0.05, 0.1) is 5.22 Å². The molecular weight excluding hydrogens is 226 g/mol. The summed E-state index contributed by atoms with van der Waals surface area (Å²) in [7, 11) is 0. The topological polar surface area (TPSA) is 32.5 Å². The number of allylic oxidation sites excluding steroid dienone is 1. The Morgan fingerprint density at radius 2 is 2.00 bits per heavy atom. The molecule has 0 amide bonds. The molecule has 2 aliphatic rings. The van der Waals surface area contributed by atoms with Gasteiger partial charge in [-0.1, -0.05) is 12.1 Å². The van der Waals surface area contributed by atoms with Crippen LogP contribution in [0.5, 0.6) is 0 Å². The number of rotatable bonds is 2. The Hall–Kier alpha value is -1.77. The second-order valence-corrected chi connectivity index (χ2v) is 4.54. The van der Waals surface area contributed by atoms with Gasteiger partial charge in [0, 0.05) is 26.2 Å². The minimum atomic E-state index is 0.823. The minimum Gasteiger partial charge on any atom is -0.354 e. The number of aromatic nitrogens is 1. The zero-order valence-corrected chi connectivity index (χ0v) is 10.6. The van der Waals surface area contributed by atoms with Gasteiger partial charge in [-0.15, -0.1) is 5.73 Å². The molecule has 0 aromatic carbocycles. The van der Waals surface area contributed by atoms with Crippen LogP contribution in [0.25, 0.3) is 12.2 Å². The molecule has 1 saturated heterocycles. The monoisotopic (exact) mass is 243 g/mol. The highest BCUT2D eigenvalue weighted by atomic mass is 16.5. The molecule has 0 saturated carbocycles. The van der Waals surface area contributed by atoms with Gasteiger partial charge < -0.3 is 14.3 Å². The highest BCUT2D eigenvalue weighted by molar-refractivity contribution is 5.53. The van der Waals surface area contributed by atoms with E-state index in [4.69, 9.17) is 4.52 Å². The van der Waals surface area contributed by atoms with Crippen molar-refractivity contribution in [2.75, 3.05) is 37.6 Å². The highest BCUT2D eigenvalue weighted by Crippen LogP contribution is 2.08. The van der Waals surface area contributed by atoms with Crippen LogP contribution in [0, 0.1) is 0 Å². The third-order valence-electron chi connectivity index (χ3n) is 3.53. The first-order valence-electron chi connectivity index (χ1n) is 6.44. The Kier molecular flexibility index (Phi) is 3.05. The van der Waals surface area contributed by atoms with Gasteiger partial charge in [0.1, 0.15) is 0 Å². The van der Waals surface area contributed by atoms with Crippen molar-refractivity contribution in [1.82, 2.24) is 10.1 Å². The molecule has 0 spiro atoms. The maximum Gasteiger partial charge on any atom is 0.180 e. The molecule has 1 aromatic rings. The van der Waals surface area contributed by atoms with E-state index >= 15 is 0 Å². The largest absolute Gasteiger partial charge is 0.354 e. The summed E-state index contributed by atoms with van der Waals surface area (Å²) in [6, 6.07) is 0. The molecule has 4 nitrogen and oxygen atoms in total. The van der Waals surface area contributed by atoms with Gasteiger partial charge in [0.2, 0.25) is 0 Å². The number of nitrogens with zero attached hydrogens (tertiary/aromatic N) is 3. The van der Waals surface area contributed by atoms with Crippen LogP contribution in [0.3, 0.4) is 0 Å². The van der Waals surface area contributed by atoms with E-state index < -0.39 is 0 Å². The van der Waals surface area contributed by atoms with Gasteiger partial charge in [0.15, 0.2) is 11.2 Å². The smallest absolute Gasteiger partial charge is 0.180 e. The van der Waals surface area contributed by atoms with Gasteiger partial charge in [0.25, 0.3) is 0 Å². The molecule has 0 N–H and O–H groups in total. The van der Waals surface area contributed by atoms with E-state index in [0.29, 0.717) is 0 Å². The van der Waals surface area contributed by atoms with Crippen molar-refractivity contribution in [3.8, 4) is 0 Å². The first-order valence-corrected chi connectivity index (χ1v) is 6.44. The molecule has 0 bridgehead atoms. The lowest BCUT2D eigenvalue weighted by Crippen LogP contribution is -2.48.